The number of piperazine rings is 1. The van der Waals surface area contributed by atoms with Crippen LogP contribution in [0.15, 0.2) is 29.5 Å². The Morgan fingerprint density at radius 2 is 1.90 bits per heavy atom. The fraction of sp³-hybridized carbons (Fsp3) is 0.524. The van der Waals surface area contributed by atoms with Gasteiger partial charge in [-0.15, -0.1) is 0 Å². The van der Waals surface area contributed by atoms with E-state index in [9.17, 15) is 9.59 Å². The van der Waals surface area contributed by atoms with Crippen molar-refractivity contribution in [3.63, 3.8) is 0 Å². The maximum absolute atomic E-state index is 13.1. The summed E-state index contributed by atoms with van der Waals surface area (Å²) in [5, 5.41) is 3.60. The number of benzene rings is 1. The van der Waals surface area contributed by atoms with Gasteiger partial charge in [0.25, 0.3) is 0 Å². The molecule has 164 valence electrons. The maximum Gasteiger partial charge on any atom is 0.338 e. The highest BCUT2D eigenvalue weighted by Crippen LogP contribution is 2.37. The molecule has 0 bridgehead atoms. The van der Waals surface area contributed by atoms with E-state index < -0.39 is 12.0 Å². The second kappa shape index (κ2) is 10.0. The number of nitrogens with zero attached hydrogens (tertiary/aromatic N) is 3. The molecule has 2 amide bonds. The summed E-state index contributed by atoms with van der Waals surface area (Å²) in [6, 6.07) is 4.21. The van der Waals surface area contributed by atoms with Gasteiger partial charge in [-0.2, -0.15) is 0 Å². The monoisotopic (exact) mass is 454 g/mol. The van der Waals surface area contributed by atoms with Gasteiger partial charge in [0.2, 0.25) is 0 Å². The highest BCUT2D eigenvalue weighted by atomic mass is 35.5. The topological polar surface area (TPSA) is 65.1 Å². The first-order chi connectivity index (χ1) is 14.4. The number of nitrogens with one attached hydrogen (secondary N) is 1. The van der Waals surface area contributed by atoms with Crippen LogP contribution in [0, 0.1) is 0 Å². The molecular formula is C21H28Cl2N4O3. The van der Waals surface area contributed by atoms with Gasteiger partial charge in [0.1, 0.15) is 0 Å². The van der Waals surface area contributed by atoms with Crippen molar-refractivity contribution in [3.8, 4) is 0 Å². The number of amides is 2. The summed E-state index contributed by atoms with van der Waals surface area (Å²) >= 11 is 12.7. The molecule has 7 nitrogen and oxygen atoms in total. The zero-order chi connectivity index (χ0) is 21.8. The molecule has 2 aliphatic heterocycles. The lowest BCUT2D eigenvalue weighted by atomic mass is 9.94. The van der Waals surface area contributed by atoms with E-state index in [1.54, 1.807) is 30.0 Å². The minimum absolute atomic E-state index is 0.236. The Morgan fingerprint density at radius 3 is 2.53 bits per heavy atom. The number of hydrogen-bond donors (Lipinski definition) is 1. The van der Waals surface area contributed by atoms with Crippen molar-refractivity contribution < 1.29 is 14.3 Å². The van der Waals surface area contributed by atoms with Crippen LogP contribution in [0.25, 0.3) is 0 Å². The standard InChI is InChI=1S/C21H28Cl2N4O3/c1-4-27-16(13-26-11-9-25(3)10-12-26)17(20(28)30-5-2)19(24-21(27)29)14-7-6-8-15(22)18(14)23/h6-8,19H,4-5,9-13H2,1-3H3,(H,24,29)/t19-/m0/s1. The molecule has 3 rings (SSSR count). The van der Waals surface area contributed by atoms with Crippen LogP contribution in [0.2, 0.25) is 10.0 Å². The normalized spacial score (nSPS) is 21.0. The third kappa shape index (κ3) is 4.75. The van der Waals surface area contributed by atoms with E-state index in [4.69, 9.17) is 27.9 Å². The molecule has 1 aromatic carbocycles. The van der Waals surface area contributed by atoms with E-state index in [0.717, 1.165) is 26.2 Å². The van der Waals surface area contributed by atoms with Gasteiger partial charge in [0.05, 0.1) is 28.3 Å². The van der Waals surface area contributed by atoms with E-state index in [1.807, 2.05) is 6.92 Å². The SMILES string of the molecule is CCOC(=O)C1=C(CN2CCN(C)CC2)N(CC)C(=O)N[C@H]1c1cccc(Cl)c1Cl. The second-order valence-electron chi connectivity index (χ2n) is 7.43. The second-order valence-corrected chi connectivity index (χ2v) is 8.22. The number of carbonyl (C=O) groups is 2. The van der Waals surface area contributed by atoms with Gasteiger partial charge < -0.3 is 15.0 Å². The number of carbonyl (C=O) groups excluding carboxylic acids is 2. The molecule has 1 fully saturated rings. The summed E-state index contributed by atoms with van der Waals surface area (Å²) in [5.41, 5.74) is 1.64. The van der Waals surface area contributed by atoms with Gasteiger partial charge in [-0.3, -0.25) is 9.80 Å². The van der Waals surface area contributed by atoms with Gasteiger partial charge in [-0.1, -0.05) is 35.3 Å². The highest BCUT2D eigenvalue weighted by Gasteiger charge is 2.39. The lowest BCUT2D eigenvalue weighted by Crippen LogP contribution is -2.52. The van der Waals surface area contributed by atoms with E-state index in [2.05, 4.69) is 22.2 Å². The molecule has 1 aromatic rings. The quantitative estimate of drug-likeness (QED) is 0.668. The molecule has 30 heavy (non-hydrogen) atoms. The zero-order valence-corrected chi connectivity index (χ0v) is 19.1. The molecule has 0 unspecified atom stereocenters. The van der Waals surface area contributed by atoms with E-state index in [1.165, 1.54) is 0 Å². The largest absolute Gasteiger partial charge is 0.463 e. The first-order valence-corrected chi connectivity index (χ1v) is 11.0. The number of rotatable bonds is 6. The number of halogens is 2. The Labute approximate surface area is 187 Å². The zero-order valence-electron chi connectivity index (χ0n) is 17.6. The summed E-state index contributed by atoms with van der Waals surface area (Å²) in [5.74, 6) is -0.457. The molecule has 2 aliphatic rings. The van der Waals surface area contributed by atoms with Crippen LogP contribution in [0.3, 0.4) is 0 Å². The van der Waals surface area contributed by atoms with Crippen LogP contribution in [0.4, 0.5) is 4.79 Å². The Morgan fingerprint density at radius 1 is 1.20 bits per heavy atom. The summed E-state index contributed by atoms with van der Waals surface area (Å²) in [6.07, 6.45) is 0. The molecule has 1 saturated heterocycles. The van der Waals surface area contributed by atoms with Crippen LogP contribution >= 0.6 is 23.2 Å². The molecule has 0 radical (unpaired) electrons. The molecule has 0 spiro atoms. The number of ether oxygens (including phenoxy) is 1. The number of likely N-dealkylation sites (N-methyl/N-ethyl adjacent to an activating group) is 2. The van der Waals surface area contributed by atoms with E-state index >= 15 is 0 Å². The van der Waals surface area contributed by atoms with Crippen LogP contribution in [-0.2, 0) is 9.53 Å². The number of esters is 1. The van der Waals surface area contributed by atoms with Crippen molar-refractivity contribution in [2.24, 2.45) is 0 Å². The average Bonchev–Trinajstić information content (AvgIpc) is 2.71. The predicted molar refractivity (Wildman–Crippen MR) is 118 cm³/mol. The van der Waals surface area contributed by atoms with Crippen LogP contribution in [0.1, 0.15) is 25.5 Å². The van der Waals surface area contributed by atoms with Crippen molar-refractivity contribution in [3.05, 3.63) is 45.1 Å². The van der Waals surface area contributed by atoms with Crippen molar-refractivity contribution in [2.45, 2.75) is 19.9 Å². The summed E-state index contributed by atoms with van der Waals surface area (Å²) in [6.45, 7) is 8.40. The van der Waals surface area contributed by atoms with Gasteiger partial charge in [0.15, 0.2) is 0 Å². The van der Waals surface area contributed by atoms with Gasteiger partial charge in [0, 0.05) is 45.0 Å². The molecule has 2 heterocycles. The van der Waals surface area contributed by atoms with Crippen molar-refractivity contribution in [1.82, 2.24) is 20.0 Å². The molecule has 0 aliphatic carbocycles. The Bertz CT molecular complexity index is 838. The van der Waals surface area contributed by atoms with Crippen molar-refractivity contribution >= 4 is 35.2 Å². The van der Waals surface area contributed by atoms with Crippen LogP contribution < -0.4 is 5.32 Å². The lowest BCUT2D eigenvalue weighted by molar-refractivity contribution is -0.139. The molecule has 1 N–H and O–H groups in total. The third-order valence-electron chi connectivity index (χ3n) is 5.51. The molecular weight excluding hydrogens is 427 g/mol. The van der Waals surface area contributed by atoms with E-state index in [-0.39, 0.29) is 12.6 Å². The summed E-state index contributed by atoms with van der Waals surface area (Å²) in [7, 11) is 2.09. The van der Waals surface area contributed by atoms with Gasteiger partial charge in [-0.25, -0.2) is 9.59 Å². The Balaban J connectivity index is 2.10. The van der Waals surface area contributed by atoms with Crippen LogP contribution in [-0.4, -0.2) is 79.6 Å². The molecule has 1 atom stereocenters. The fourth-order valence-electron chi connectivity index (χ4n) is 3.85. The summed E-state index contributed by atoms with van der Waals surface area (Å²) < 4.78 is 5.39. The number of urea groups is 1. The molecule has 9 heteroatoms. The highest BCUT2D eigenvalue weighted by molar-refractivity contribution is 6.42. The summed E-state index contributed by atoms with van der Waals surface area (Å²) in [4.78, 5) is 32.2. The minimum atomic E-state index is -0.729. The van der Waals surface area contributed by atoms with Crippen molar-refractivity contribution in [2.75, 3.05) is 52.9 Å². The van der Waals surface area contributed by atoms with Crippen molar-refractivity contribution in [1.29, 1.82) is 0 Å². The lowest BCUT2D eigenvalue weighted by Gasteiger charge is -2.40. The Kier molecular flexibility index (Phi) is 7.63. The van der Waals surface area contributed by atoms with Crippen LogP contribution in [0.5, 0.6) is 0 Å². The predicted octanol–water partition coefficient (Wildman–Crippen LogP) is 3.14. The molecule has 0 aromatic heterocycles. The number of hydrogen-bond acceptors (Lipinski definition) is 5. The maximum atomic E-state index is 13.1. The van der Waals surface area contributed by atoms with Gasteiger partial charge in [-0.05, 0) is 32.5 Å². The Hall–Kier alpha value is -1.80. The fourth-order valence-corrected chi connectivity index (χ4v) is 4.27. The third-order valence-corrected chi connectivity index (χ3v) is 6.35. The minimum Gasteiger partial charge on any atom is -0.463 e. The first kappa shape index (κ1) is 22.9. The smallest absolute Gasteiger partial charge is 0.338 e. The molecule has 0 saturated carbocycles. The first-order valence-electron chi connectivity index (χ1n) is 10.2. The van der Waals surface area contributed by atoms with E-state index in [0.29, 0.717) is 40.0 Å². The average molecular weight is 455 g/mol. The van der Waals surface area contributed by atoms with Gasteiger partial charge >= 0.3 is 12.0 Å².